The molecule has 0 bridgehead atoms. The van der Waals surface area contributed by atoms with Crippen LogP contribution in [0.4, 0.5) is 14.9 Å². The van der Waals surface area contributed by atoms with Crippen LogP contribution < -0.4 is 9.64 Å². The zero-order valence-corrected chi connectivity index (χ0v) is 24.4. The van der Waals surface area contributed by atoms with E-state index in [1.807, 2.05) is 0 Å². The van der Waals surface area contributed by atoms with Crippen LogP contribution in [0, 0.1) is 23.6 Å². The lowest BCUT2D eigenvalue weighted by atomic mass is 9.56. The first-order valence-corrected chi connectivity index (χ1v) is 14.3. The van der Waals surface area contributed by atoms with Gasteiger partial charge < -0.3 is 14.6 Å². The number of carbonyl (C=O) groups excluding carboxylic acids is 5. The predicted molar refractivity (Wildman–Crippen MR) is 150 cm³/mol. The maximum atomic E-state index is 14.3. The van der Waals surface area contributed by atoms with Gasteiger partial charge >= 0.3 is 6.09 Å². The van der Waals surface area contributed by atoms with Crippen LogP contribution >= 0.6 is 23.2 Å². The standard InChI is InChI=1S/C30H25Cl2FN2O8/c1-3-43-21-12-14(4-11-20(21)36)23-17-9-10-18-22(25(38)35(24(18)37)28(41)42-2)19(17)13-29(31)26(39)34(27(40)30(23,29)32)16-7-5-15(33)6-8-16/h4-9,11-12,18-19,22-23,36H,3,10,13H2,1-2H3/t18-,19+,22-,23-,29+,30-/m0/s1. The number of phenolic OH excluding ortho intramolecular Hbond substituents is 1. The lowest BCUT2D eigenvalue weighted by Gasteiger charge is -2.50. The highest BCUT2D eigenvalue weighted by atomic mass is 35.5. The highest BCUT2D eigenvalue weighted by molar-refractivity contribution is 6.58. The van der Waals surface area contributed by atoms with Gasteiger partial charge in [-0.15, -0.1) is 23.2 Å². The number of benzene rings is 2. The first-order chi connectivity index (χ1) is 20.4. The molecule has 0 aromatic heterocycles. The summed E-state index contributed by atoms with van der Waals surface area (Å²) in [6.07, 6.45) is 0.316. The Hall–Kier alpha value is -3.96. The number of likely N-dealkylation sites (tertiary alicyclic amines) is 1. The number of rotatable bonds is 4. The molecule has 0 radical (unpaired) electrons. The first kappa shape index (κ1) is 29.1. The molecule has 43 heavy (non-hydrogen) atoms. The van der Waals surface area contributed by atoms with Gasteiger partial charge in [0.05, 0.1) is 31.2 Å². The van der Waals surface area contributed by atoms with Crippen molar-refractivity contribution in [1.82, 2.24) is 4.90 Å². The molecule has 1 saturated carbocycles. The Morgan fingerprint density at radius 1 is 1.05 bits per heavy atom. The molecule has 1 N–H and O–H groups in total. The molecule has 4 aliphatic rings. The third kappa shape index (κ3) is 3.87. The van der Waals surface area contributed by atoms with Crippen molar-refractivity contribution in [3.05, 3.63) is 65.5 Å². The fourth-order valence-electron chi connectivity index (χ4n) is 7.03. The summed E-state index contributed by atoms with van der Waals surface area (Å²) < 4.78 is 24.0. The van der Waals surface area contributed by atoms with E-state index >= 15 is 0 Å². The Kier molecular flexibility index (Phi) is 6.81. The molecule has 10 nitrogen and oxygen atoms in total. The van der Waals surface area contributed by atoms with E-state index in [2.05, 4.69) is 4.74 Å². The smallest absolute Gasteiger partial charge is 0.423 e. The topological polar surface area (TPSA) is 131 Å². The van der Waals surface area contributed by atoms with Crippen molar-refractivity contribution in [3.63, 3.8) is 0 Å². The number of phenols is 1. The van der Waals surface area contributed by atoms with Crippen LogP contribution in [-0.4, -0.2) is 63.2 Å². The number of imide groups is 4. The molecule has 2 aliphatic heterocycles. The number of alkyl halides is 2. The van der Waals surface area contributed by atoms with Gasteiger partial charge in [-0.2, -0.15) is 4.90 Å². The van der Waals surface area contributed by atoms with E-state index in [-0.39, 0.29) is 36.6 Å². The van der Waals surface area contributed by atoms with Gasteiger partial charge in [0, 0.05) is 5.92 Å². The largest absolute Gasteiger partial charge is 0.504 e. The molecule has 0 unspecified atom stereocenters. The predicted octanol–water partition coefficient (Wildman–Crippen LogP) is 4.26. The number of hydrogen-bond donors (Lipinski definition) is 1. The molecular weight excluding hydrogens is 606 g/mol. The van der Waals surface area contributed by atoms with Crippen LogP contribution in [0.15, 0.2) is 54.1 Å². The fraction of sp³-hybridized carbons (Fsp3) is 0.367. The molecule has 3 fully saturated rings. The fourth-order valence-corrected chi connectivity index (χ4v) is 7.96. The van der Waals surface area contributed by atoms with Crippen molar-refractivity contribution in [2.45, 2.75) is 35.4 Å². The number of methoxy groups -OCH3 is 1. The van der Waals surface area contributed by atoms with Crippen molar-refractivity contribution in [3.8, 4) is 11.5 Å². The Bertz CT molecular complexity index is 1630. The Morgan fingerprint density at radius 3 is 2.40 bits per heavy atom. The van der Waals surface area contributed by atoms with Crippen LogP contribution in [0.5, 0.6) is 11.5 Å². The van der Waals surface area contributed by atoms with Crippen molar-refractivity contribution in [2.75, 3.05) is 18.6 Å². The normalized spacial score (nSPS) is 31.4. The van der Waals surface area contributed by atoms with Crippen LogP contribution in [0.3, 0.4) is 0 Å². The highest BCUT2D eigenvalue weighted by Gasteiger charge is 2.76. The molecule has 2 saturated heterocycles. The summed E-state index contributed by atoms with van der Waals surface area (Å²) in [6, 6.07) is 9.03. The van der Waals surface area contributed by atoms with Crippen LogP contribution in [-0.2, 0) is 23.9 Å². The van der Waals surface area contributed by atoms with E-state index in [1.54, 1.807) is 13.0 Å². The third-order valence-electron chi connectivity index (χ3n) is 8.87. The lowest BCUT2D eigenvalue weighted by molar-refractivity contribution is -0.138. The average molecular weight is 631 g/mol. The minimum absolute atomic E-state index is 0.0455. The molecule has 2 aromatic carbocycles. The molecular formula is C30H25Cl2FN2O8. The van der Waals surface area contributed by atoms with E-state index in [0.717, 1.165) is 24.1 Å². The molecule has 2 heterocycles. The van der Waals surface area contributed by atoms with Gasteiger partial charge in [-0.1, -0.05) is 17.7 Å². The highest BCUT2D eigenvalue weighted by Crippen LogP contribution is 2.66. The van der Waals surface area contributed by atoms with Gasteiger partial charge in [0.1, 0.15) is 5.82 Å². The summed E-state index contributed by atoms with van der Waals surface area (Å²) in [7, 11) is 1.05. The number of aromatic hydroxyl groups is 1. The maximum absolute atomic E-state index is 14.3. The number of carbonyl (C=O) groups is 5. The third-order valence-corrected chi connectivity index (χ3v) is 10.3. The molecule has 5 amide bonds. The number of ether oxygens (including phenoxy) is 2. The summed E-state index contributed by atoms with van der Waals surface area (Å²) in [4.78, 5) is 64.7. The minimum atomic E-state index is -2.15. The minimum Gasteiger partial charge on any atom is -0.504 e. The number of allylic oxidation sites excluding steroid dienone is 2. The van der Waals surface area contributed by atoms with Gasteiger partial charge in [-0.05, 0) is 67.6 Å². The number of nitrogens with zero attached hydrogens (tertiary/aromatic N) is 2. The van der Waals surface area contributed by atoms with Gasteiger partial charge in [-0.3, -0.25) is 19.2 Å². The summed E-state index contributed by atoms with van der Waals surface area (Å²) in [5.74, 6) is -7.97. The summed E-state index contributed by atoms with van der Waals surface area (Å²) in [5, 5.41) is 10.4. The number of fused-ring (bicyclic) bond motifs is 4. The Labute approximate surface area is 254 Å². The molecule has 2 aliphatic carbocycles. The van der Waals surface area contributed by atoms with Gasteiger partial charge in [-0.25, -0.2) is 14.1 Å². The summed E-state index contributed by atoms with van der Waals surface area (Å²) in [6.45, 7) is 1.92. The van der Waals surface area contributed by atoms with Gasteiger partial charge in [0.25, 0.3) is 11.8 Å². The second-order valence-corrected chi connectivity index (χ2v) is 12.1. The van der Waals surface area contributed by atoms with Crippen molar-refractivity contribution >= 4 is 58.6 Å². The summed E-state index contributed by atoms with van der Waals surface area (Å²) >= 11 is 14.5. The lowest BCUT2D eigenvalue weighted by Crippen LogP contribution is -2.60. The zero-order valence-electron chi connectivity index (χ0n) is 22.9. The molecule has 0 spiro atoms. The Balaban J connectivity index is 1.56. The molecule has 224 valence electrons. The summed E-state index contributed by atoms with van der Waals surface area (Å²) in [5.41, 5.74) is 0.888. The monoisotopic (exact) mass is 630 g/mol. The number of anilines is 1. The number of amides is 5. The van der Waals surface area contributed by atoms with Crippen molar-refractivity contribution in [2.24, 2.45) is 17.8 Å². The van der Waals surface area contributed by atoms with E-state index in [0.29, 0.717) is 16.0 Å². The maximum Gasteiger partial charge on any atom is 0.423 e. The van der Waals surface area contributed by atoms with Gasteiger partial charge in [0.15, 0.2) is 21.2 Å². The van der Waals surface area contributed by atoms with Crippen molar-refractivity contribution < 1.29 is 42.9 Å². The van der Waals surface area contributed by atoms with Crippen LogP contribution in [0.1, 0.15) is 31.2 Å². The second kappa shape index (κ2) is 10.1. The van der Waals surface area contributed by atoms with E-state index in [1.165, 1.54) is 30.3 Å². The number of halogens is 3. The van der Waals surface area contributed by atoms with E-state index < -0.39 is 69.0 Å². The van der Waals surface area contributed by atoms with Crippen LogP contribution in [0.2, 0.25) is 0 Å². The Morgan fingerprint density at radius 2 is 1.74 bits per heavy atom. The molecule has 13 heteroatoms. The molecule has 2 aromatic rings. The molecule has 6 atom stereocenters. The van der Waals surface area contributed by atoms with E-state index in [9.17, 15) is 33.5 Å². The van der Waals surface area contributed by atoms with Crippen LogP contribution in [0.25, 0.3) is 0 Å². The van der Waals surface area contributed by atoms with Gasteiger partial charge in [0.2, 0.25) is 11.8 Å². The zero-order chi connectivity index (χ0) is 31.0. The number of hydrogen-bond acceptors (Lipinski definition) is 8. The first-order valence-electron chi connectivity index (χ1n) is 13.5. The van der Waals surface area contributed by atoms with E-state index in [4.69, 9.17) is 27.9 Å². The average Bonchev–Trinajstić information content (AvgIpc) is 3.32. The second-order valence-electron chi connectivity index (χ2n) is 10.9. The van der Waals surface area contributed by atoms with Crippen molar-refractivity contribution in [1.29, 1.82) is 0 Å². The molecule has 6 rings (SSSR count). The quantitative estimate of drug-likeness (QED) is 0.301. The SMILES string of the molecule is CCOc1cc([C@H]2C3=CC[C@@H]4C(=O)N(C(=O)OC)C(=O)[C@@H]4[C@@H]3C[C@@]3(Cl)C(=O)N(c4ccc(F)cc4)C(=O)[C@@]23Cl)ccc1O.